The first-order valence-corrected chi connectivity index (χ1v) is 7.27. The molecule has 4 aromatic rings. The molecule has 0 N–H and O–H groups in total. The lowest BCUT2D eigenvalue weighted by atomic mass is 10.0. The van der Waals surface area contributed by atoms with E-state index in [4.69, 9.17) is 0 Å². The monoisotopic (exact) mass is 280 g/mol. The van der Waals surface area contributed by atoms with Gasteiger partial charge in [-0.05, 0) is 23.3 Å². The molecule has 2 aromatic heterocycles. The Balaban J connectivity index is 1.80. The summed E-state index contributed by atoms with van der Waals surface area (Å²) in [6.07, 6.45) is 0.828. The van der Waals surface area contributed by atoms with Crippen LogP contribution in [0.25, 0.3) is 15.7 Å². The minimum atomic E-state index is 0.828. The number of aryl methyl sites for hydroxylation is 1. The average Bonchev–Trinajstić information content (AvgIpc) is 3.02. The number of hydrogen-bond acceptors (Lipinski definition) is 4. The first-order chi connectivity index (χ1) is 9.81. The number of rotatable bonds is 2. The summed E-state index contributed by atoms with van der Waals surface area (Å²) < 4.78 is 1.81. The molecule has 0 fully saturated rings. The van der Waals surface area contributed by atoms with Crippen molar-refractivity contribution in [3.8, 4) is 0 Å². The number of aromatic nitrogens is 4. The van der Waals surface area contributed by atoms with E-state index in [2.05, 4.69) is 57.8 Å². The van der Waals surface area contributed by atoms with Gasteiger partial charge in [-0.3, -0.25) is 0 Å². The second kappa shape index (κ2) is 4.38. The van der Waals surface area contributed by atoms with E-state index in [0.717, 1.165) is 22.2 Å². The van der Waals surface area contributed by atoms with Gasteiger partial charge in [-0.1, -0.05) is 53.8 Å². The van der Waals surface area contributed by atoms with Crippen LogP contribution in [0.15, 0.2) is 42.5 Å². The van der Waals surface area contributed by atoms with Crippen LogP contribution in [0.5, 0.6) is 0 Å². The quantitative estimate of drug-likeness (QED) is 0.566. The molecular formula is C15H12N4S. The van der Waals surface area contributed by atoms with E-state index in [1.807, 2.05) is 11.4 Å². The zero-order valence-corrected chi connectivity index (χ0v) is 11.8. The maximum Gasteiger partial charge on any atom is 0.234 e. The van der Waals surface area contributed by atoms with E-state index in [1.165, 1.54) is 16.3 Å². The van der Waals surface area contributed by atoms with Crippen LogP contribution in [0.2, 0.25) is 0 Å². The largest absolute Gasteiger partial charge is 0.234 e. The Morgan fingerprint density at radius 2 is 1.90 bits per heavy atom. The van der Waals surface area contributed by atoms with Crippen LogP contribution in [0.3, 0.4) is 0 Å². The second-order valence-corrected chi connectivity index (χ2v) is 5.79. The SMILES string of the molecule is Cc1nnc2sc(Cc3cccc4ccccc34)nn12. The van der Waals surface area contributed by atoms with E-state index < -0.39 is 0 Å². The van der Waals surface area contributed by atoms with Crippen LogP contribution >= 0.6 is 11.3 Å². The standard InChI is InChI=1S/C15H12N4S/c1-10-16-17-15-19(10)18-14(20-15)9-12-7-4-6-11-5-2-3-8-13(11)12/h2-8H,9H2,1H3. The maximum atomic E-state index is 4.58. The fourth-order valence-electron chi connectivity index (χ4n) is 2.44. The van der Waals surface area contributed by atoms with Crippen molar-refractivity contribution in [1.29, 1.82) is 0 Å². The molecule has 98 valence electrons. The molecule has 0 aliphatic rings. The zero-order chi connectivity index (χ0) is 13.5. The van der Waals surface area contributed by atoms with Crippen LogP contribution < -0.4 is 0 Å². The lowest BCUT2D eigenvalue weighted by Gasteiger charge is -2.04. The summed E-state index contributed by atoms with van der Waals surface area (Å²) in [5.74, 6) is 0.834. The summed E-state index contributed by atoms with van der Waals surface area (Å²) in [7, 11) is 0. The molecule has 0 radical (unpaired) electrons. The van der Waals surface area contributed by atoms with Crippen molar-refractivity contribution in [2.75, 3.05) is 0 Å². The molecule has 0 aliphatic heterocycles. The molecule has 0 bridgehead atoms. The molecule has 4 nitrogen and oxygen atoms in total. The summed E-state index contributed by atoms with van der Waals surface area (Å²) in [6.45, 7) is 1.92. The first-order valence-electron chi connectivity index (χ1n) is 6.45. The first kappa shape index (κ1) is 11.5. The summed E-state index contributed by atoms with van der Waals surface area (Å²) in [6, 6.07) is 14.9. The highest BCUT2D eigenvalue weighted by Crippen LogP contribution is 2.23. The van der Waals surface area contributed by atoms with E-state index in [1.54, 1.807) is 11.3 Å². The number of hydrogen-bond donors (Lipinski definition) is 0. The number of benzene rings is 2. The molecule has 0 atom stereocenters. The lowest BCUT2D eigenvalue weighted by molar-refractivity contribution is 0.865. The highest BCUT2D eigenvalue weighted by Gasteiger charge is 2.10. The molecule has 2 aromatic carbocycles. The summed E-state index contributed by atoms with van der Waals surface area (Å²) >= 11 is 1.60. The predicted octanol–water partition coefficient (Wildman–Crippen LogP) is 3.24. The zero-order valence-electron chi connectivity index (χ0n) is 10.9. The molecule has 0 spiro atoms. The van der Waals surface area contributed by atoms with Gasteiger partial charge in [0.05, 0.1) is 0 Å². The van der Waals surface area contributed by atoms with Gasteiger partial charge in [0.1, 0.15) is 5.01 Å². The number of fused-ring (bicyclic) bond motifs is 2. The Morgan fingerprint density at radius 3 is 2.80 bits per heavy atom. The minimum Gasteiger partial charge on any atom is -0.188 e. The van der Waals surface area contributed by atoms with Gasteiger partial charge in [0, 0.05) is 6.42 Å². The maximum absolute atomic E-state index is 4.58. The van der Waals surface area contributed by atoms with Crippen molar-refractivity contribution < 1.29 is 0 Å². The summed E-state index contributed by atoms with van der Waals surface area (Å²) in [5.41, 5.74) is 1.30. The van der Waals surface area contributed by atoms with Gasteiger partial charge in [-0.15, -0.1) is 10.2 Å². The fraction of sp³-hybridized carbons (Fsp3) is 0.133. The third kappa shape index (κ3) is 1.78. The Hall–Kier alpha value is -2.27. The van der Waals surface area contributed by atoms with Crippen molar-refractivity contribution in [1.82, 2.24) is 19.8 Å². The van der Waals surface area contributed by atoms with E-state index in [-0.39, 0.29) is 0 Å². The van der Waals surface area contributed by atoms with Gasteiger partial charge in [-0.25, -0.2) is 0 Å². The molecule has 2 heterocycles. The average molecular weight is 280 g/mol. The molecule has 0 saturated heterocycles. The van der Waals surface area contributed by atoms with Crippen LogP contribution in [0, 0.1) is 6.92 Å². The Kier molecular flexibility index (Phi) is 2.53. The van der Waals surface area contributed by atoms with Crippen molar-refractivity contribution in [2.24, 2.45) is 0 Å². The Morgan fingerprint density at radius 1 is 1.05 bits per heavy atom. The van der Waals surface area contributed by atoms with Gasteiger partial charge in [0.2, 0.25) is 4.96 Å². The molecular weight excluding hydrogens is 268 g/mol. The van der Waals surface area contributed by atoms with Gasteiger partial charge in [0.25, 0.3) is 0 Å². The normalized spacial score (nSPS) is 11.4. The minimum absolute atomic E-state index is 0.828. The molecule has 0 saturated carbocycles. The van der Waals surface area contributed by atoms with Crippen LogP contribution in [0.1, 0.15) is 16.4 Å². The molecule has 20 heavy (non-hydrogen) atoms. The highest BCUT2D eigenvalue weighted by molar-refractivity contribution is 7.16. The molecule has 0 aliphatic carbocycles. The Bertz CT molecular complexity index is 901. The number of nitrogens with zero attached hydrogens (tertiary/aromatic N) is 4. The summed E-state index contributed by atoms with van der Waals surface area (Å²) in [4.78, 5) is 0.859. The molecule has 0 unspecified atom stereocenters. The van der Waals surface area contributed by atoms with E-state index in [0.29, 0.717) is 0 Å². The van der Waals surface area contributed by atoms with Gasteiger partial charge in [0.15, 0.2) is 5.82 Å². The smallest absolute Gasteiger partial charge is 0.188 e. The van der Waals surface area contributed by atoms with Gasteiger partial charge < -0.3 is 0 Å². The molecule has 0 amide bonds. The van der Waals surface area contributed by atoms with Gasteiger partial charge >= 0.3 is 0 Å². The third-order valence-electron chi connectivity index (χ3n) is 3.41. The van der Waals surface area contributed by atoms with E-state index in [9.17, 15) is 0 Å². The van der Waals surface area contributed by atoms with Crippen molar-refractivity contribution in [3.05, 3.63) is 58.9 Å². The Labute approximate surface area is 119 Å². The fourth-order valence-corrected chi connectivity index (χ4v) is 3.34. The van der Waals surface area contributed by atoms with E-state index >= 15 is 0 Å². The molecule has 5 heteroatoms. The predicted molar refractivity (Wildman–Crippen MR) is 80.2 cm³/mol. The third-order valence-corrected chi connectivity index (χ3v) is 4.31. The lowest BCUT2D eigenvalue weighted by Crippen LogP contribution is -1.93. The van der Waals surface area contributed by atoms with Crippen LogP contribution in [-0.4, -0.2) is 19.8 Å². The topological polar surface area (TPSA) is 43.1 Å². The van der Waals surface area contributed by atoms with Crippen molar-refractivity contribution in [2.45, 2.75) is 13.3 Å². The van der Waals surface area contributed by atoms with Crippen LogP contribution in [-0.2, 0) is 6.42 Å². The highest BCUT2D eigenvalue weighted by atomic mass is 32.1. The summed E-state index contributed by atoms with van der Waals surface area (Å²) in [5, 5.41) is 16.3. The van der Waals surface area contributed by atoms with Crippen LogP contribution in [0.4, 0.5) is 0 Å². The second-order valence-electron chi connectivity index (χ2n) is 4.75. The van der Waals surface area contributed by atoms with Gasteiger partial charge in [-0.2, -0.15) is 9.61 Å². The molecule has 4 rings (SSSR count). The van der Waals surface area contributed by atoms with Crippen molar-refractivity contribution in [3.63, 3.8) is 0 Å². The van der Waals surface area contributed by atoms with Crippen molar-refractivity contribution >= 4 is 27.1 Å².